The van der Waals surface area contributed by atoms with Gasteiger partial charge in [0.2, 0.25) is 0 Å². The lowest BCUT2D eigenvalue weighted by Gasteiger charge is -2.20. The van der Waals surface area contributed by atoms with Gasteiger partial charge in [-0.15, -0.1) is 0 Å². The van der Waals surface area contributed by atoms with E-state index in [-0.39, 0.29) is 5.41 Å². The molecule has 0 radical (unpaired) electrons. The molecule has 0 amide bonds. The van der Waals surface area contributed by atoms with E-state index < -0.39 is 0 Å². The molecule has 0 saturated heterocycles. The van der Waals surface area contributed by atoms with Gasteiger partial charge >= 0.3 is 0 Å². The molecule has 1 rings (SSSR count). The number of allylic oxidation sites excluding steroid dienone is 1. The fourth-order valence-corrected chi connectivity index (χ4v) is 1.83. The highest BCUT2D eigenvalue weighted by Gasteiger charge is 2.15. The topological polar surface area (TPSA) is 26.0 Å². The summed E-state index contributed by atoms with van der Waals surface area (Å²) in [6, 6.07) is 8.41. The van der Waals surface area contributed by atoms with Gasteiger partial charge in [-0.1, -0.05) is 51.1 Å². The second-order valence-corrected chi connectivity index (χ2v) is 4.90. The molecule has 0 saturated carbocycles. The molecule has 0 spiro atoms. The number of rotatable bonds is 1. The third kappa shape index (κ3) is 2.75. The highest BCUT2D eigenvalue weighted by Crippen LogP contribution is 2.25. The lowest BCUT2D eigenvalue weighted by Crippen LogP contribution is -2.30. The lowest BCUT2D eigenvalue weighted by atomic mass is 9.84. The Labute approximate surface area is 98.0 Å². The summed E-state index contributed by atoms with van der Waals surface area (Å²) in [6.07, 6.45) is 5.75. The molecule has 0 aliphatic rings. The SMILES string of the molecule is C/C=c1/cccc/c1=C(/C=C\N)C(C)(C)C. The van der Waals surface area contributed by atoms with Gasteiger partial charge in [0.05, 0.1) is 0 Å². The van der Waals surface area contributed by atoms with Crippen LogP contribution < -0.4 is 16.2 Å². The van der Waals surface area contributed by atoms with Crippen molar-refractivity contribution in [2.75, 3.05) is 0 Å². The van der Waals surface area contributed by atoms with Crippen molar-refractivity contribution < 1.29 is 0 Å². The zero-order valence-electron chi connectivity index (χ0n) is 10.6. The molecule has 16 heavy (non-hydrogen) atoms. The molecule has 0 aliphatic heterocycles. The van der Waals surface area contributed by atoms with Gasteiger partial charge in [0, 0.05) is 0 Å². The van der Waals surface area contributed by atoms with E-state index in [9.17, 15) is 0 Å². The first-order chi connectivity index (χ1) is 7.50. The molecule has 0 atom stereocenters. The molecule has 0 unspecified atom stereocenters. The third-order valence-corrected chi connectivity index (χ3v) is 2.63. The zero-order chi connectivity index (χ0) is 12.2. The van der Waals surface area contributed by atoms with E-state index in [4.69, 9.17) is 5.73 Å². The van der Waals surface area contributed by atoms with Gasteiger partial charge in [-0.2, -0.15) is 0 Å². The van der Waals surface area contributed by atoms with Crippen LogP contribution in [0.4, 0.5) is 0 Å². The first kappa shape index (κ1) is 12.6. The summed E-state index contributed by atoms with van der Waals surface area (Å²) in [4.78, 5) is 0. The molecule has 1 heteroatoms. The largest absolute Gasteiger partial charge is 0.405 e. The van der Waals surface area contributed by atoms with Crippen molar-refractivity contribution in [3.8, 4) is 0 Å². The summed E-state index contributed by atoms with van der Waals surface area (Å²) < 4.78 is 0. The van der Waals surface area contributed by atoms with E-state index in [2.05, 4.69) is 58.0 Å². The first-order valence-corrected chi connectivity index (χ1v) is 5.65. The van der Waals surface area contributed by atoms with E-state index in [0.29, 0.717) is 0 Å². The van der Waals surface area contributed by atoms with E-state index in [1.807, 2.05) is 6.08 Å². The molecule has 2 N–H and O–H groups in total. The minimum Gasteiger partial charge on any atom is -0.405 e. The molecule has 1 aromatic carbocycles. The van der Waals surface area contributed by atoms with Crippen molar-refractivity contribution in [3.05, 3.63) is 47.0 Å². The number of nitrogens with two attached hydrogens (primary N) is 1. The third-order valence-electron chi connectivity index (χ3n) is 2.63. The number of benzene rings is 1. The predicted octanol–water partition coefficient (Wildman–Crippen LogP) is 2.16. The Morgan fingerprint density at radius 1 is 1.19 bits per heavy atom. The van der Waals surface area contributed by atoms with Crippen molar-refractivity contribution in [3.63, 3.8) is 0 Å². The van der Waals surface area contributed by atoms with E-state index in [1.165, 1.54) is 16.0 Å². The molecular formula is C15H21N. The van der Waals surface area contributed by atoms with Crippen molar-refractivity contribution >= 4 is 11.6 Å². The summed E-state index contributed by atoms with van der Waals surface area (Å²) in [6.45, 7) is 8.67. The summed E-state index contributed by atoms with van der Waals surface area (Å²) in [5, 5.41) is 2.52. The average molecular weight is 215 g/mol. The quantitative estimate of drug-likeness (QED) is 0.763. The molecular weight excluding hydrogens is 194 g/mol. The first-order valence-electron chi connectivity index (χ1n) is 5.65. The highest BCUT2D eigenvalue weighted by molar-refractivity contribution is 5.61. The van der Waals surface area contributed by atoms with Crippen molar-refractivity contribution in [2.24, 2.45) is 11.1 Å². The molecule has 0 aromatic heterocycles. The normalized spacial score (nSPS) is 15.6. The zero-order valence-corrected chi connectivity index (χ0v) is 10.6. The van der Waals surface area contributed by atoms with Gasteiger partial charge < -0.3 is 5.73 Å². The van der Waals surface area contributed by atoms with Crippen LogP contribution in [-0.4, -0.2) is 0 Å². The Hall–Kier alpha value is -1.50. The van der Waals surface area contributed by atoms with Crippen LogP contribution in [0.15, 0.2) is 36.5 Å². The minimum atomic E-state index is 0.0922. The van der Waals surface area contributed by atoms with E-state index in [1.54, 1.807) is 6.20 Å². The molecule has 0 bridgehead atoms. The molecule has 1 aromatic rings. The van der Waals surface area contributed by atoms with Gasteiger partial charge in [0.1, 0.15) is 0 Å². The van der Waals surface area contributed by atoms with Crippen molar-refractivity contribution in [1.29, 1.82) is 0 Å². The van der Waals surface area contributed by atoms with Crippen LogP contribution in [0, 0.1) is 5.41 Å². The van der Waals surface area contributed by atoms with Crippen LogP contribution in [0.2, 0.25) is 0 Å². The average Bonchev–Trinajstić information content (AvgIpc) is 2.24. The predicted molar refractivity (Wildman–Crippen MR) is 72.0 cm³/mol. The Balaban J connectivity index is 3.73. The van der Waals surface area contributed by atoms with Crippen molar-refractivity contribution in [1.82, 2.24) is 0 Å². The van der Waals surface area contributed by atoms with Gasteiger partial charge in [-0.25, -0.2) is 0 Å². The molecule has 0 heterocycles. The van der Waals surface area contributed by atoms with Gasteiger partial charge in [-0.3, -0.25) is 0 Å². The summed E-state index contributed by atoms with van der Waals surface area (Å²) >= 11 is 0. The Morgan fingerprint density at radius 2 is 1.81 bits per heavy atom. The summed E-state index contributed by atoms with van der Waals surface area (Å²) in [5.74, 6) is 0. The fraction of sp³-hybridized carbons (Fsp3) is 0.333. The molecule has 0 fully saturated rings. The summed E-state index contributed by atoms with van der Waals surface area (Å²) in [7, 11) is 0. The van der Waals surface area contributed by atoms with Crippen LogP contribution in [0.5, 0.6) is 0 Å². The fourth-order valence-electron chi connectivity index (χ4n) is 1.83. The van der Waals surface area contributed by atoms with Gasteiger partial charge in [0.15, 0.2) is 0 Å². The van der Waals surface area contributed by atoms with Crippen LogP contribution >= 0.6 is 0 Å². The smallest absolute Gasteiger partial charge is 0.00592 e. The Kier molecular flexibility index (Phi) is 3.94. The monoisotopic (exact) mass is 215 g/mol. The van der Waals surface area contributed by atoms with Gasteiger partial charge in [0.25, 0.3) is 0 Å². The lowest BCUT2D eigenvalue weighted by molar-refractivity contribution is 0.566. The van der Waals surface area contributed by atoms with E-state index in [0.717, 1.165) is 0 Å². The maximum Gasteiger partial charge on any atom is -0.00592 e. The molecule has 1 nitrogen and oxygen atoms in total. The maximum atomic E-state index is 5.54. The van der Waals surface area contributed by atoms with Gasteiger partial charge in [-0.05, 0) is 40.6 Å². The Morgan fingerprint density at radius 3 is 2.31 bits per heavy atom. The Bertz CT molecular complexity index is 487. The summed E-state index contributed by atoms with van der Waals surface area (Å²) in [5.41, 5.74) is 6.90. The van der Waals surface area contributed by atoms with Crippen LogP contribution in [0.3, 0.4) is 0 Å². The van der Waals surface area contributed by atoms with Crippen molar-refractivity contribution in [2.45, 2.75) is 27.7 Å². The number of hydrogen-bond acceptors (Lipinski definition) is 1. The van der Waals surface area contributed by atoms with E-state index >= 15 is 0 Å². The second-order valence-electron chi connectivity index (χ2n) is 4.90. The maximum absolute atomic E-state index is 5.54. The second kappa shape index (κ2) is 5.02. The minimum absolute atomic E-state index is 0.0922. The van der Waals surface area contributed by atoms with Crippen LogP contribution in [0.1, 0.15) is 27.7 Å². The molecule has 86 valence electrons. The number of hydrogen-bond donors (Lipinski definition) is 1. The highest BCUT2D eigenvalue weighted by atomic mass is 14.5. The molecule has 0 aliphatic carbocycles. The standard InChI is InChI=1S/C15H21N/c1-5-12-8-6-7-9-13(12)14(10-11-16)15(2,3)4/h5-11H,16H2,1-4H3/b11-10-,12-5-,14-13+. The van der Waals surface area contributed by atoms with Crippen LogP contribution in [0.25, 0.3) is 11.6 Å². The van der Waals surface area contributed by atoms with Crippen LogP contribution in [-0.2, 0) is 0 Å².